The highest BCUT2D eigenvalue weighted by Crippen LogP contribution is 2.75. The molecule has 0 amide bonds. The number of methoxy groups -OCH3 is 2. The Labute approximate surface area is 308 Å². The lowest BCUT2D eigenvalue weighted by Gasteiger charge is -2.70. The maximum absolute atomic E-state index is 13.8. The number of fused-ring (bicyclic) bond motifs is 7. The summed E-state index contributed by atoms with van der Waals surface area (Å²) in [6, 6.07) is 5.37. The van der Waals surface area contributed by atoms with E-state index in [2.05, 4.69) is 51.5 Å². The van der Waals surface area contributed by atoms with Gasteiger partial charge in [-0.05, 0) is 134 Å². The molecule has 6 atom stereocenters. The fraction of sp³-hybridized carbons (Fsp3) is 0.523. The summed E-state index contributed by atoms with van der Waals surface area (Å²) < 4.78 is 21.9. The quantitative estimate of drug-likeness (QED) is 0.154. The third-order valence-electron chi connectivity index (χ3n) is 14.0. The lowest BCUT2D eigenvalue weighted by Crippen LogP contribution is -2.62. The van der Waals surface area contributed by atoms with E-state index in [0.717, 1.165) is 61.7 Å². The van der Waals surface area contributed by atoms with E-state index in [1.165, 1.54) is 18.8 Å². The monoisotopic (exact) mass is 710 g/mol. The first kappa shape index (κ1) is 37.4. The summed E-state index contributed by atoms with van der Waals surface area (Å²) in [5.74, 6) is 0.387. The molecule has 0 heterocycles. The van der Waals surface area contributed by atoms with Gasteiger partial charge in [0.2, 0.25) is 5.78 Å². The molecule has 0 bridgehead atoms. The topological polar surface area (TPSA) is 108 Å². The van der Waals surface area contributed by atoms with Gasteiger partial charge in [-0.2, -0.15) is 0 Å². The lowest BCUT2D eigenvalue weighted by molar-refractivity contribution is -0.181. The van der Waals surface area contributed by atoms with Crippen LogP contribution in [-0.2, 0) is 23.9 Å². The van der Waals surface area contributed by atoms with Crippen molar-refractivity contribution in [3.8, 4) is 11.5 Å². The third-order valence-corrected chi connectivity index (χ3v) is 14.0. The van der Waals surface area contributed by atoms with Crippen molar-refractivity contribution in [3.05, 3.63) is 88.3 Å². The molecule has 8 nitrogen and oxygen atoms in total. The lowest BCUT2D eigenvalue weighted by atomic mass is 9.34. The maximum atomic E-state index is 13.8. The van der Waals surface area contributed by atoms with Crippen molar-refractivity contribution in [2.75, 3.05) is 27.4 Å². The van der Waals surface area contributed by atoms with Crippen LogP contribution in [-0.4, -0.2) is 50.3 Å². The van der Waals surface area contributed by atoms with Crippen LogP contribution < -0.4 is 9.47 Å². The molecule has 1 aromatic rings. The van der Waals surface area contributed by atoms with Gasteiger partial charge in [-0.1, -0.05) is 51.5 Å². The van der Waals surface area contributed by atoms with Gasteiger partial charge in [0.25, 0.3) is 0 Å². The number of aliphatic hydroxyl groups is 1. The van der Waals surface area contributed by atoms with E-state index >= 15 is 0 Å². The predicted molar refractivity (Wildman–Crippen MR) is 201 cm³/mol. The molecule has 6 rings (SSSR count). The van der Waals surface area contributed by atoms with Crippen LogP contribution in [0.25, 0.3) is 6.08 Å². The predicted octanol–water partition coefficient (Wildman–Crippen LogP) is 8.99. The van der Waals surface area contributed by atoms with Gasteiger partial charge < -0.3 is 24.1 Å². The summed E-state index contributed by atoms with van der Waals surface area (Å²) in [5, 5.41) is 10.4. The maximum Gasteiger partial charge on any atom is 0.330 e. The first-order chi connectivity index (χ1) is 24.5. The molecule has 0 spiro atoms. The van der Waals surface area contributed by atoms with Crippen LogP contribution in [0.2, 0.25) is 0 Å². The fourth-order valence-electron chi connectivity index (χ4n) is 10.4. The van der Waals surface area contributed by atoms with Gasteiger partial charge in [-0.3, -0.25) is 9.59 Å². The molecule has 1 N–H and O–H groups in total. The number of ether oxygens (including phenoxy) is 4. The minimum Gasteiger partial charge on any atom is -0.504 e. The number of carbonyl (C=O) groups is 3. The van der Waals surface area contributed by atoms with Gasteiger partial charge in [-0.25, -0.2) is 4.79 Å². The van der Waals surface area contributed by atoms with Gasteiger partial charge in [0, 0.05) is 17.1 Å². The molecule has 52 heavy (non-hydrogen) atoms. The summed E-state index contributed by atoms with van der Waals surface area (Å²) >= 11 is 0. The van der Waals surface area contributed by atoms with E-state index < -0.39 is 11.4 Å². The van der Waals surface area contributed by atoms with Crippen LogP contribution in [0, 0.1) is 33.0 Å². The minimum atomic E-state index is -0.584. The average Bonchev–Trinajstić information content (AvgIpc) is 3.13. The number of aliphatic hydroxyl groups excluding tert-OH is 1. The Morgan fingerprint density at radius 2 is 1.65 bits per heavy atom. The van der Waals surface area contributed by atoms with Crippen molar-refractivity contribution in [1.29, 1.82) is 0 Å². The van der Waals surface area contributed by atoms with E-state index in [9.17, 15) is 19.5 Å². The van der Waals surface area contributed by atoms with Gasteiger partial charge in [0.1, 0.15) is 13.2 Å². The first-order valence-corrected chi connectivity index (χ1v) is 18.5. The second kappa shape index (κ2) is 13.6. The smallest absolute Gasteiger partial charge is 0.330 e. The molecule has 0 saturated heterocycles. The molecule has 0 aliphatic heterocycles. The number of carbonyl (C=O) groups excluding carboxylic acids is 3. The molecular formula is C44H54O8. The fourth-order valence-corrected chi connectivity index (χ4v) is 10.4. The Bertz CT molecular complexity index is 1860. The molecular weight excluding hydrogens is 656 g/mol. The molecule has 0 unspecified atom stereocenters. The first-order valence-electron chi connectivity index (χ1n) is 18.5. The zero-order valence-electron chi connectivity index (χ0n) is 32.0. The summed E-state index contributed by atoms with van der Waals surface area (Å²) in [4.78, 5) is 38.1. The molecule has 5 aliphatic carbocycles. The van der Waals surface area contributed by atoms with E-state index in [4.69, 9.17) is 14.2 Å². The number of hydrogen-bond donors (Lipinski definition) is 1. The highest BCUT2D eigenvalue weighted by molar-refractivity contribution is 6.06. The van der Waals surface area contributed by atoms with Gasteiger partial charge in [0.05, 0.1) is 19.6 Å². The van der Waals surface area contributed by atoms with Crippen molar-refractivity contribution in [3.63, 3.8) is 0 Å². The summed E-state index contributed by atoms with van der Waals surface area (Å²) in [7, 11) is 2.89. The second-order valence-electron chi connectivity index (χ2n) is 16.8. The Morgan fingerprint density at radius 3 is 2.38 bits per heavy atom. The van der Waals surface area contributed by atoms with Gasteiger partial charge in [-0.15, -0.1) is 0 Å². The Balaban J connectivity index is 1.12. The number of benzene rings is 1. The Morgan fingerprint density at radius 1 is 0.923 bits per heavy atom. The van der Waals surface area contributed by atoms with Crippen molar-refractivity contribution < 1.29 is 38.4 Å². The van der Waals surface area contributed by atoms with E-state index in [-0.39, 0.29) is 52.4 Å². The molecule has 278 valence electrons. The zero-order valence-corrected chi connectivity index (χ0v) is 32.0. The standard InChI is InChI=1S/C44H54O8/c1-28-30-13-15-35-42(4,31(30)26-32(45)38(28)47)20-22-44(6)36-27-41(3,18-17-40(36,2)19-21-43(35,44)5)39(48)52-24-10-9-23-51-33-14-11-29(25-34(33)49-7)12-16-37(46)50-8/h9-16,25-26,36,47H,17-24,27H2,1-8H3/b10-9+,16-12+/t36-,40-,41-,42+,43-,44+/m1/s1. The highest BCUT2D eigenvalue weighted by atomic mass is 16.5. The van der Waals surface area contributed by atoms with Crippen LogP contribution in [0.3, 0.4) is 0 Å². The van der Waals surface area contributed by atoms with Gasteiger partial charge in [0.15, 0.2) is 17.3 Å². The third kappa shape index (κ3) is 6.06. The number of rotatable bonds is 9. The molecule has 3 fully saturated rings. The summed E-state index contributed by atoms with van der Waals surface area (Å²) in [6.45, 7) is 14.0. The van der Waals surface area contributed by atoms with Crippen molar-refractivity contribution >= 4 is 23.8 Å². The second-order valence-corrected chi connectivity index (χ2v) is 16.8. The van der Waals surface area contributed by atoms with Crippen LogP contribution >= 0.6 is 0 Å². The van der Waals surface area contributed by atoms with E-state index in [1.54, 1.807) is 31.4 Å². The minimum absolute atomic E-state index is 0.0426. The SMILES string of the molecule is COC(=O)/C=C/c1ccc(OC/C=C/COC(=O)[C@]2(C)CC[C@]3(C)CC[C@]4(C)C5=CC=C6C(=CC(=O)C(O)=C6C)[C@]5(C)CC[C@@]4(C)[C@@H]3C2)c(OC)c1. The number of hydrogen-bond acceptors (Lipinski definition) is 8. The number of ketones is 1. The molecule has 0 aromatic heterocycles. The number of allylic oxidation sites excluding steroid dienone is 7. The normalized spacial score (nSPS) is 34.0. The molecule has 5 aliphatic rings. The van der Waals surface area contributed by atoms with Crippen LogP contribution in [0.15, 0.2) is 82.7 Å². The van der Waals surface area contributed by atoms with Crippen LogP contribution in [0.5, 0.6) is 11.5 Å². The molecule has 1 aromatic carbocycles. The molecule has 0 radical (unpaired) electrons. The Kier molecular flexibility index (Phi) is 9.77. The van der Waals surface area contributed by atoms with Crippen molar-refractivity contribution in [1.82, 2.24) is 0 Å². The average molecular weight is 711 g/mol. The van der Waals surface area contributed by atoms with Crippen LogP contribution in [0.1, 0.15) is 92.1 Å². The largest absolute Gasteiger partial charge is 0.504 e. The number of esters is 2. The van der Waals surface area contributed by atoms with E-state index in [1.807, 2.05) is 25.1 Å². The van der Waals surface area contributed by atoms with Crippen molar-refractivity contribution in [2.24, 2.45) is 33.0 Å². The zero-order chi connectivity index (χ0) is 37.7. The van der Waals surface area contributed by atoms with Gasteiger partial charge >= 0.3 is 11.9 Å². The highest BCUT2D eigenvalue weighted by Gasteiger charge is 2.67. The van der Waals surface area contributed by atoms with E-state index in [0.29, 0.717) is 23.0 Å². The van der Waals surface area contributed by atoms with Crippen molar-refractivity contribution in [2.45, 2.75) is 86.5 Å². The Hall–Kier alpha value is -4.33. The molecule has 3 saturated carbocycles. The summed E-state index contributed by atoms with van der Waals surface area (Å²) in [5.41, 5.74) is 3.96. The summed E-state index contributed by atoms with van der Waals surface area (Å²) in [6.07, 6.45) is 19.4. The molecule has 8 heteroatoms. The van der Waals surface area contributed by atoms with Crippen LogP contribution in [0.4, 0.5) is 0 Å².